The summed E-state index contributed by atoms with van der Waals surface area (Å²) in [6.45, 7) is 6.52. The summed E-state index contributed by atoms with van der Waals surface area (Å²) < 4.78 is 22.7. The molecule has 0 bridgehead atoms. The van der Waals surface area contributed by atoms with Crippen LogP contribution in [-0.4, -0.2) is 59.7 Å². The number of piperidine rings is 1. The predicted octanol–water partition coefficient (Wildman–Crippen LogP) is 4.73. The number of β-amino-alcohol motifs (C(OH)–C–C–N with tert-alkyl or cyclic N) is 1. The Labute approximate surface area is 204 Å². The van der Waals surface area contributed by atoms with Gasteiger partial charge in [0.2, 0.25) is 5.89 Å². The lowest BCUT2D eigenvalue weighted by molar-refractivity contribution is 0.0599. The molecule has 0 unspecified atom stereocenters. The number of fused-ring (bicyclic) bond motifs is 1. The van der Waals surface area contributed by atoms with E-state index in [4.69, 9.17) is 18.3 Å². The summed E-state index contributed by atoms with van der Waals surface area (Å²) >= 11 is 0. The van der Waals surface area contributed by atoms with Gasteiger partial charge in [-0.05, 0) is 68.1 Å². The molecule has 2 aromatic heterocycles. The molecular formula is C27H31N3O5. The first-order chi connectivity index (χ1) is 17.0. The number of benzene rings is 2. The van der Waals surface area contributed by atoms with Gasteiger partial charge < -0.3 is 28.3 Å². The molecule has 4 aromatic rings. The number of ether oxygens (including phenoxy) is 2. The van der Waals surface area contributed by atoms with E-state index in [0.717, 1.165) is 37.1 Å². The fourth-order valence-electron chi connectivity index (χ4n) is 4.80. The standard InChI is InChI=1S/C27H31N3O5/c1-17-13-20(7-8-23(17)32-3)19-9-11-30(12-10-19)15-21(31)16-33-24-5-4-6-25-22(24)14-26(35-25)27-29-28-18(2)34-27/h4-8,13-14,19,21,31H,9-12,15-16H2,1-3H3/t21-/m0/s1. The van der Waals surface area contributed by atoms with Crippen LogP contribution < -0.4 is 9.47 Å². The fourth-order valence-corrected chi connectivity index (χ4v) is 4.80. The summed E-state index contributed by atoms with van der Waals surface area (Å²) in [4.78, 5) is 2.31. The molecule has 3 heterocycles. The van der Waals surface area contributed by atoms with Crippen LogP contribution in [0.3, 0.4) is 0 Å². The number of nitrogens with zero attached hydrogens (tertiary/aromatic N) is 3. The molecule has 0 spiro atoms. The molecule has 0 amide bonds. The highest BCUT2D eigenvalue weighted by Crippen LogP contribution is 2.34. The van der Waals surface area contributed by atoms with Crippen LogP contribution in [0, 0.1) is 13.8 Å². The van der Waals surface area contributed by atoms with Crippen molar-refractivity contribution in [2.75, 3.05) is 33.4 Å². The molecule has 1 fully saturated rings. The zero-order valence-electron chi connectivity index (χ0n) is 20.4. The van der Waals surface area contributed by atoms with Gasteiger partial charge in [0.25, 0.3) is 5.89 Å². The summed E-state index contributed by atoms with van der Waals surface area (Å²) in [7, 11) is 1.71. The number of aromatic nitrogens is 2. The third-order valence-corrected chi connectivity index (χ3v) is 6.64. The maximum Gasteiger partial charge on any atom is 0.283 e. The Balaban J connectivity index is 1.15. The molecule has 184 valence electrons. The first-order valence-electron chi connectivity index (χ1n) is 12.0. The van der Waals surface area contributed by atoms with E-state index in [-0.39, 0.29) is 6.61 Å². The van der Waals surface area contributed by atoms with Crippen molar-refractivity contribution in [2.24, 2.45) is 0 Å². The SMILES string of the molecule is COc1ccc(C2CCN(C[C@H](O)COc3cccc4oc(-c5nnc(C)o5)cc34)CC2)cc1C. The third-order valence-electron chi connectivity index (χ3n) is 6.64. The van der Waals surface area contributed by atoms with Gasteiger partial charge >= 0.3 is 0 Å². The van der Waals surface area contributed by atoms with Crippen LogP contribution in [0.1, 0.15) is 35.8 Å². The smallest absolute Gasteiger partial charge is 0.283 e. The molecule has 35 heavy (non-hydrogen) atoms. The summed E-state index contributed by atoms with van der Waals surface area (Å²) in [6.07, 6.45) is 1.56. The normalized spacial score (nSPS) is 16.0. The summed E-state index contributed by atoms with van der Waals surface area (Å²) in [6, 6.07) is 13.9. The second-order valence-corrected chi connectivity index (χ2v) is 9.17. The lowest BCUT2D eigenvalue weighted by Crippen LogP contribution is -2.40. The fraction of sp³-hybridized carbons (Fsp3) is 0.407. The van der Waals surface area contributed by atoms with Gasteiger partial charge in [0.1, 0.15) is 29.8 Å². The summed E-state index contributed by atoms with van der Waals surface area (Å²) in [5, 5.41) is 19.3. The molecule has 2 aromatic carbocycles. The van der Waals surface area contributed by atoms with Gasteiger partial charge in [-0.15, -0.1) is 10.2 Å². The van der Waals surface area contributed by atoms with Gasteiger partial charge in [-0.3, -0.25) is 0 Å². The number of aliphatic hydroxyl groups excluding tert-OH is 1. The van der Waals surface area contributed by atoms with Crippen molar-refractivity contribution in [3.63, 3.8) is 0 Å². The predicted molar refractivity (Wildman–Crippen MR) is 132 cm³/mol. The number of likely N-dealkylation sites (tertiary alicyclic amines) is 1. The van der Waals surface area contributed by atoms with Crippen LogP contribution in [0.5, 0.6) is 11.5 Å². The number of hydrogen-bond acceptors (Lipinski definition) is 8. The Kier molecular flexibility index (Phi) is 6.74. The number of aliphatic hydroxyl groups is 1. The minimum absolute atomic E-state index is 0.205. The third kappa shape index (κ3) is 5.18. The summed E-state index contributed by atoms with van der Waals surface area (Å²) in [5.41, 5.74) is 3.21. The first kappa shape index (κ1) is 23.4. The quantitative estimate of drug-likeness (QED) is 0.389. The zero-order chi connectivity index (χ0) is 24.4. The first-order valence-corrected chi connectivity index (χ1v) is 12.0. The van der Waals surface area contributed by atoms with E-state index < -0.39 is 6.10 Å². The van der Waals surface area contributed by atoms with Crippen molar-refractivity contribution in [3.8, 4) is 23.1 Å². The largest absolute Gasteiger partial charge is 0.496 e. The number of furan rings is 1. The van der Waals surface area contributed by atoms with E-state index in [1.165, 1.54) is 11.1 Å². The number of hydrogen-bond donors (Lipinski definition) is 1. The average molecular weight is 478 g/mol. The van der Waals surface area contributed by atoms with Gasteiger partial charge in [-0.25, -0.2) is 0 Å². The van der Waals surface area contributed by atoms with Crippen molar-refractivity contribution in [1.82, 2.24) is 15.1 Å². The number of methoxy groups -OCH3 is 1. The van der Waals surface area contributed by atoms with Crippen molar-refractivity contribution < 1.29 is 23.4 Å². The van der Waals surface area contributed by atoms with Crippen LogP contribution >= 0.6 is 0 Å². The molecule has 5 rings (SSSR count). The van der Waals surface area contributed by atoms with E-state index >= 15 is 0 Å². The molecule has 8 heteroatoms. The zero-order valence-corrected chi connectivity index (χ0v) is 20.4. The van der Waals surface area contributed by atoms with E-state index in [2.05, 4.69) is 40.2 Å². The highest BCUT2D eigenvalue weighted by molar-refractivity contribution is 5.87. The molecule has 1 saturated heterocycles. The van der Waals surface area contributed by atoms with Crippen LogP contribution in [0.15, 0.2) is 51.3 Å². The Bertz CT molecular complexity index is 1290. The average Bonchev–Trinajstić information content (AvgIpc) is 3.49. The lowest BCUT2D eigenvalue weighted by atomic mass is 9.88. The Morgan fingerprint density at radius 1 is 1.06 bits per heavy atom. The Hall–Kier alpha value is -3.36. The van der Waals surface area contributed by atoms with E-state index in [9.17, 15) is 5.11 Å². The van der Waals surface area contributed by atoms with E-state index in [0.29, 0.717) is 41.3 Å². The van der Waals surface area contributed by atoms with Crippen molar-refractivity contribution in [2.45, 2.75) is 38.7 Å². The Morgan fingerprint density at radius 3 is 2.60 bits per heavy atom. The van der Waals surface area contributed by atoms with Gasteiger partial charge in [0.15, 0.2) is 5.76 Å². The minimum Gasteiger partial charge on any atom is -0.496 e. The van der Waals surface area contributed by atoms with Crippen LogP contribution in [0.4, 0.5) is 0 Å². The second-order valence-electron chi connectivity index (χ2n) is 9.17. The minimum atomic E-state index is -0.588. The van der Waals surface area contributed by atoms with Crippen LogP contribution in [0.25, 0.3) is 22.6 Å². The summed E-state index contributed by atoms with van der Waals surface area (Å²) in [5.74, 6) is 3.43. The van der Waals surface area contributed by atoms with Gasteiger partial charge in [-0.2, -0.15) is 0 Å². The topological polar surface area (TPSA) is 94.0 Å². The van der Waals surface area contributed by atoms with Gasteiger partial charge in [0, 0.05) is 19.5 Å². The highest BCUT2D eigenvalue weighted by atomic mass is 16.5. The Morgan fingerprint density at radius 2 is 1.89 bits per heavy atom. The molecule has 1 aliphatic heterocycles. The highest BCUT2D eigenvalue weighted by Gasteiger charge is 2.23. The molecule has 1 atom stereocenters. The molecule has 0 saturated carbocycles. The molecule has 1 aliphatic rings. The van der Waals surface area contributed by atoms with Crippen molar-refractivity contribution >= 4 is 11.0 Å². The van der Waals surface area contributed by atoms with Crippen molar-refractivity contribution in [1.29, 1.82) is 0 Å². The molecule has 1 N–H and O–H groups in total. The molecule has 8 nitrogen and oxygen atoms in total. The maximum atomic E-state index is 10.7. The maximum absolute atomic E-state index is 10.7. The number of aryl methyl sites for hydroxylation is 2. The van der Waals surface area contributed by atoms with Crippen LogP contribution in [-0.2, 0) is 0 Å². The number of rotatable bonds is 8. The lowest BCUT2D eigenvalue weighted by Gasteiger charge is -2.33. The second kappa shape index (κ2) is 10.1. The van der Waals surface area contributed by atoms with E-state index in [1.54, 1.807) is 14.0 Å². The molecule has 0 radical (unpaired) electrons. The van der Waals surface area contributed by atoms with Gasteiger partial charge in [0.05, 0.1) is 12.5 Å². The van der Waals surface area contributed by atoms with E-state index in [1.807, 2.05) is 24.3 Å². The van der Waals surface area contributed by atoms with Crippen LogP contribution in [0.2, 0.25) is 0 Å². The van der Waals surface area contributed by atoms with Gasteiger partial charge in [-0.1, -0.05) is 18.2 Å². The molecular weight excluding hydrogens is 446 g/mol. The van der Waals surface area contributed by atoms with Crippen molar-refractivity contribution in [3.05, 3.63) is 59.5 Å². The molecule has 0 aliphatic carbocycles. The monoisotopic (exact) mass is 477 g/mol.